The summed E-state index contributed by atoms with van der Waals surface area (Å²) < 4.78 is 39.7. The van der Waals surface area contributed by atoms with Crippen LogP contribution in [-0.4, -0.2) is 15.6 Å². The number of nitrogens with two attached hydrogens (primary N) is 1. The van der Waals surface area contributed by atoms with Crippen LogP contribution in [0.3, 0.4) is 0 Å². The van der Waals surface area contributed by atoms with Crippen molar-refractivity contribution in [2.75, 3.05) is 0 Å². The van der Waals surface area contributed by atoms with Crippen LogP contribution in [0.15, 0.2) is 23.0 Å². The van der Waals surface area contributed by atoms with Crippen molar-refractivity contribution in [3.63, 3.8) is 0 Å². The van der Waals surface area contributed by atoms with Crippen LogP contribution in [0.25, 0.3) is 10.9 Å². The Kier molecular flexibility index (Phi) is 3.75. The number of hydrogen-bond donors (Lipinski definition) is 1. The molecule has 108 valence electrons. The summed E-state index contributed by atoms with van der Waals surface area (Å²) in [5, 5.41) is -0.443. The van der Waals surface area contributed by atoms with Crippen LogP contribution in [0.4, 0.5) is 13.2 Å². The van der Waals surface area contributed by atoms with Gasteiger partial charge in [0.2, 0.25) is 5.28 Å². The molecule has 20 heavy (non-hydrogen) atoms. The molecule has 1 heterocycles. The van der Waals surface area contributed by atoms with Gasteiger partial charge in [0.05, 0.1) is 16.5 Å². The molecule has 0 fully saturated rings. The quantitative estimate of drug-likeness (QED) is 0.867. The minimum Gasteiger partial charge on any atom is -0.326 e. The molecule has 0 saturated heterocycles. The molecule has 0 aliphatic carbocycles. The number of rotatable bonds is 2. The van der Waals surface area contributed by atoms with Gasteiger partial charge in [-0.2, -0.15) is 13.2 Å². The zero-order valence-electron chi connectivity index (χ0n) is 10.4. The third-order valence-corrected chi connectivity index (χ3v) is 3.00. The van der Waals surface area contributed by atoms with Gasteiger partial charge in [0.1, 0.15) is 0 Å². The van der Waals surface area contributed by atoms with E-state index in [-0.39, 0.29) is 23.3 Å². The molecule has 0 aliphatic rings. The fourth-order valence-corrected chi connectivity index (χ4v) is 2.12. The maximum atomic E-state index is 12.9. The van der Waals surface area contributed by atoms with Gasteiger partial charge in [0.15, 0.2) is 0 Å². The Morgan fingerprint density at radius 2 is 2.10 bits per heavy atom. The summed E-state index contributed by atoms with van der Waals surface area (Å²) in [4.78, 5) is 15.9. The molecule has 2 rings (SSSR count). The topological polar surface area (TPSA) is 60.9 Å². The average molecular weight is 306 g/mol. The molecule has 8 heteroatoms. The largest absolute Gasteiger partial charge is 0.418 e. The molecular formula is C12H11ClF3N3O. The Morgan fingerprint density at radius 3 is 2.65 bits per heavy atom. The van der Waals surface area contributed by atoms with Crippen molar-refractivity contribution in [3.8, 4) is 0 Å². The molecule has 1 aromatic heterocycles. The Morgan fingerprint density at radius 1 is 1.45 bits per heavy atom. The number of para-hydroxylation sites is 1. The van der Waals surface area contributed by atoms with Crippen LogP contribution in [0.5, 0.6) is 0 Å². The lowest BCUT2D eigenvalue weighted by molar-refractivity contribution is -0.136. The minimum absolute atomic E-state index is 0.0802. The van der Waals surface area contributed by atoms with Crippen LogP contribution >= 0.6 is 11.6 Å². The van der Waals surface area contributed by atoms with E-state index in [4.69, 9.17) is 17.3 Å². The van der Waals surface area contributed by atoms with Crippen molar-refractivity contribution in [3.05, 3.63) is 39.4 Å². The Balaban J connectivity index is 2.80. The highest BCUT2D eigenvalue weighted by molar-refractivity contribution is 6.28. The van der Waals surface area contributed by atoms with Crippen molar-refractivity contribution < 1.29 is 13.2 Å². The maximum absolute atomic E-state index is 12.9. The number of nitrogens with zero attached hydrogens (tertiary/aromatic N) is 2. The number of alkyl halides is 3. The van der Waals surface area contributed by atoms with Gasteiger partial charge in [0.25, 0.3) is 5.56 Å². The highest BCUT2D eigenvalue weighted by Crippen LogP contribution is 2.33. The summed E-state index contributed by atoms with van der Waals surface area (Å²) in [6, 6.07) is 2.93. The lowest BCUT2D eigenvalue weighted by Gasteiger charge is -2.14. The van der Waals surface area contributed by atoms with Crippen LogP contribution in [-0.2, 0) is 12.7 Å². The summed E-state index contributed by atoms with van der Waals surface area (Å²) in [7, 11) is 0. The minimum atomic E-state index is -4.60. The van der Waals surface area contributed by atoms with E-state index in [0.717, 1.165) is 10.6 Å². The molecule has 0 radical (unpaired) electrons. The van der Waals surface area contributed by atoms with Crippen molar-refractivity contribution >= 4 is 22.5 Å². The molecule has 1 atom stereocenters. The lowest BCUT2D eigenvalue weighted by atomic mass is 10.1. The van der Waals surface area contributed by atoms with Gasteiger partial charge in [0, 0.05) is 12.6 Å². The van der Waals surface area contributed by atoms with Gasteiger partial charge < -0.3 is 5.73 Å². The van der Waals surface area contributed by atoms with E-state index in [0.29, 0.717) is 0 Å². The molecule has 1 aromatic carbocycles. The summed E-state index contributed by atoms with van der Waals surface area (Å²) in [6.45, 7) is 1.73. The number of fused-ring (bicyclic) bond motifs is 1. The zero-order valence-corrected chi connectivity index (χ0v) is 11.2. The zero-order chi connectivity index (χ0) is 15.1. The van der Waals surface area contributed by atoms with E-state index in [2.05, 4.69) is 4.98 Å². The summed E-state index contributed by atoms with van der Waals surface area (Å²) in [6.07, 6.45) is -4.60. The molecule has 2 N–H and O–H groups in total. The summed E-state index contributed by atoms with van der Waals surface area (Å²) >= 11 is 5.80. The average Bonchev–Trinajstić information content (AvgIpc) is 2.32. The second-order valence-electron chi connectivity index (χ2n) is 4.47. The van der Waals surface area contributed by atoms with Crippen LogP contribution in [0, 0.1) is 0 Å². The first-order valence-corrected chi connectivity index (χ1v) is 6.11. The fraction of sp³-hybridized carbons (Fsp3) is 0.333. The van der Waals surface area contributed by atoms with Crippen LogP contribution in [0.2, 0.25) is 5.28 Å². The molecule has 2 aromatic rings. The van der Waals surface area contributed by atoms with Gasteiger partial charge in [-0.3, -0.25) is 9.36 Å². The predicted octanol–water partition coefficient (Wildman–Crippen LogP) is 2.42. The highest BCUT2D eigenvalue weighted by atomic mass is 35.5. The molecule has 0 bridgehead atoms. The third-order valence-electron chi connectivity index (χ3n) is 2.71. The van der Waals surface area contributed by atoms with E-state index in [1.807, 2.05) is 0 Å². The van der Waals surface area contributed by atoms with Crippen molar-refractivity contribution in [1.82, 2.24) is 9.55 Å². The van der Waals surface area contributed by atoms with Crippen molar-refractivity contribution in [2.24, 2.45) is 5.73 Å². The van der Waals surface area contributed by atoms with Crippen LogP contribution < -0.4 is 11.3 Å². The molecule has 0 aliphatic heterocycles. The number of benzene rings is 1. The smallest absolute Gasteiger partial charge is 0.326 e. The van der Waals surface area contributed by atoms with Gasteiger partial charge in [-0.05, 0) is 30.7 Å². The van der Waals surface area contributed by atoms with E-state index >= 15 is 0 Å². The summed E-state index contributed by atoms with van der Waals surface area (Å²) in [5.41, 5.74) is 3.51. The molecule has 4 nitrogen and oxygen atoms in total. The maximum Gasteiger partial charge on any atom is 0.418 e. The number of halogens is 4. The second kappa shape index (κ2) is 5.06. The van der Waals surface area contributed by atoms with Gasteiger partial charge in [-0.1, -0.05) is 6.07 Å². The molecule has 0 saturated carbocycles. The molecular weight excluding hydrogens is 295 g/mol. The standard InChI is InChI=1S/C12H11ClF3N3O/c1-6(17)5-19-10(20)7-3-2-4-8(12(14,15)16)9(7)18-11(19)13/h2-4,6H,5,17H2,1H3. The van der Waals surface area contributed by atoms with E-state index in [1.165, 1.54) is 12.1 Å². The van der Waals surface area contributed by atoms with Gasteiger partial charge >= 0.3 is 6.18 Å². The first-order chi connectivity index (χ1) is 9.21. The molecule has 1 unspecified atom stereocenters. The first-order valence-electron chi connectivity index (χ1n) is 5.73. The van der Waals surface area contributed by atoms with Crippen LogP contribution in [0.1, 0.15) is 12.5 Å². The Labute approximate surface area is 117 Å². The third kappa shape index (κ3) is 2.64. The normalized spacial score (nSPS) is 13.7. The number of hydrogen-bond acceptors (Lipinski definition) is 3. The molecule has 0 spiro atoms. The Bertz CT molecular complexity index is 709. The first kappa shape index (κ1) is 14.8. The monoisotopic (exact) mass is 305 g/mol. The SMILES string of the molecule is CC(N)Cn1c(Cl)nc2c(C(F)(F)F)cccc2c1=O. The Hall–Kier alpha value is -1.60. The lowest BCUT2D eigenvalue weighted by Crippen LogP contribution is -2.31. The van der Waals surface area contributed by atoms with E-state index in [9.17, 15) is 18.0 Å². The van der Waals surface area contributed by atoms with Crippen molar-refractivity contribution in [2.45, 2.75) is 25.7 Å². The predicted molar refractivity (Wildman–Crippen MR) is 69.7 cm³/mol. The van der Waals surface area contributed by atoms with Gasteiger partial charge in [-0.15, -0.1) is 0 Å². The summed E-state index contributed by atoms with van der Waals surface area (Å²) in [5.74, 6) is 0. The van der Waals surface area contributed by atoms with E-state index in [1.54, 1.807) is 6.92 Å². The highest BCUT2D eigenvalue weighted by Gasteiger charge is 2.34. The number of aromatic nitrogens is 2. The molecule has 0 amide bonds. The van der Waals surface area contributed by atoms with Gasteiger partial charge in [-0.25, -0.2) is 4.98 Å². The second-order valence-corrected chi connectivity index (χ2v) is 4.81. The van der Waals surface area contributed by atoms with Crippen molar-refractivity contribution in [1.29, 1.82) is 0 Å². The fourth-order valence-electron chi connectivity index (χ4n) is 1.89. The van der Waals surface area contributed by atoms with E-state index < -0.39 is 22.8 Å².